The van der Waals surface area contributed by atoms with Crippen LogP contribution in [0.25, 0.3) is 10.8 Å². The monoisotopic (exact) mass is 514 g/mol. The molecule has 3 rings (SSSR count). The molecule has 0 spiro atoms. The van der Waals surface area contributed by atoms with E-state index in [0.29, 0.717) is 24.9 Å². The highest BCUT2D eigenvalue weighted by molar-refractivity contribution is 5.87. The lowest BCUT2D eigenvalue weighted by Gasteiger charge is -2.31. The number of fused-ring (bicyclic) bond motifs is 1. The lowest BCUT2D eigenvalue weighted by molar-refractivity contribution is -0.137. The molecule has 5 nitrogen and oxygen atoms in total. The van der Waals surface area contributed by atoms with Crippen LogP contribution in [0.5, 0.6) is 0 Å². The summed E-state index contributed by atoms with van der Waals surface area (Å²) in [5.74, 6) is -0.310. The van der Waals surface area contributed by atoms with Crippen molar-refractivity contribution in [1.29, 1.82) is 0 Å². The molecule has 0 radical (unpaired) electrons. The number of halogens is 3. The summed E-state index contributed by atoms with van der Waals surface area (Å²) in [6.07, 6.45) is -4.28. The first-order valence-corrected chi connectivity index (χ1v) is 12.3. The Morgan fingerprint density at radius 3 is 2.35 bits per heavy atom. The predicted molar refractivity (Wildman–Crippen MR) is 138 cm³/mol. The van der Waals surface area contributed by atoms with E-state index in [1.54, 1.807) is 31.7 Å². The van der Waals surface area contributed by atoms with E-state index >= 15 is 0 Å². The number of amides is 2. The molecular formula is C29H33F3N2O3. The second kappa shape index (κ2) is 11.7. The van der Waals surface area contributed by atoms with Gasteiger partial charge >= 0.3 is 12.3 Å². The Labute approximate surface area is 215 Å². The maximum atomic E-state index is 13.3. The van der Waals surface area contributed by atoms with Crippen LogP contribution in [0.1, 0.15) is 56.8 Å². The van der Waals surface area contributed by atoms with Crippen LogP contribution in [-0.2, 0) is 22.1 Å². The molecule has 0 aliphatic rings. The van der Waals surface area contributed by atoms with Crippen LogP contribution in [0.2, 0.25) is 0 Å². The van der Waals surface area contributed by atoms with E-state index < -0.39 is 23.4 Å². The highest BCUT2D eigenvalue weighted by Crippen LogP contribution is 2.31. The smallest absolute Gasteiger partial charge is 0.416 e. The Bertz CT molecular complexity index is 1230. The molecule has 0 unspecified atom stereocenters. The minimum Gasteiger partial charge on any atom is -0.444 e. The summed E-state index contributed by atoms with van der Waals surface area (Å²) >= 11 is 0. The molecule has 3 aromatic rings. The number of alkyl carbamates (subject to hydrolysis) is 1. The Balaban J connectivity index is 1.78. The van der Waals surface area contributed by atoms with Crippen molar-refractivity contribution in [1.82, 2.24) is 10.2 Å². The van der Waals surface area contributed by atoms with Gasteiger partial charge in [-0.1, -0.05) is 60.7 Å². The summed E-state index contributed by atoms with van der Waals surface area (Å²) in [5, 5.41) is 4.56. The van der Waals surface area contributed by atoms with Gasteiger partial charge in [0, 0.05) is 6.54 Å². The van der Waals surface area contributed by atoms with Gasteiger partial charge in [0.25, 0.3) is 0 Å². The third-order valence-electron chi connectivity index (χ3n) is 5.96. The molecule has 2 amide bonds. The molecule has 0 heterocycles. The lowest BCUT2D eigenvalue weighted by Crippen LogP contribution is -2.43. The number of carbonyl (C=O) groups is 2. The number of ether oxygens (including phenoxy) is 1. The molecule has 198 valence electrons. The number of benzene rings is 3. The largest absolute Gasteiger partial charge is 0.444 e. The first kappa shape index (κ1) is 28.0. The normalized spacial score (nSPS) is 12.7. The molecule has 0 aliphatic heterocycles. The molecule has 1 atom stereocenters. The molecule has 8 heteroatoms. The fourth-order valence-corrected chi connectivity index (χ4v) is 4.24. The number of aryl methyl sites for hydroxylation is 1. The minimum absolute atomic E-state index is 0.256. The van der Waals surface area contributed by atoms with E-state index in [-0.39, 0.29) is 18.5 Å². The van der Waals surface area contributed by atoms with Crippen LogP contribution in [-0.4, -0.2) is 35.6 Å². The molecule has 0 saturated heterocycles. The molecule has 37 heavy (non-hydrogen) atoms. The number of nitrogens with zero attached hydrogens (tertiary/aromatic N) is 1. The summed E-state index contributed by atoms with van der Waals surface area (Å²) in [5.41, 5.74) is 0.104. The van der Waals surface area contributed by atoms with Crippen molar-refractivity contribution in [2.75, 3.05) is 13.1 Å². The topological polar surface area (TPSA) is 58.6 Å². The molecule has 3 aromatic carbocycles. The first-order chi connectivity index (χ1) is 17.3. The van der Waals surface area contributed by atoms with Crippen LogP contribution in [0.15, 0.2) is 66.7 Å². The van der Waals surface area contributed by atoms with Crippen LogP contribution in [0.4, 0.5) is 18.0 Å². The second-order valence-electron chi connectivity index (χ2n) is 9.99. The van der Waals surface area contributed by atoms with Crippen LogP contribution in [0.3, 0.4) is 0 Å². The standard InChI is InChI=1S/C29H33F3N2O3/c1-20(24-16-8-13-22-12-5-6-15-25(22)24)34(26(35)19-33-27(36)37-28(2,3)4)17-9-11-21-10-7-14-23(18-21)29(30,31)32/h5-8,10,12-16,18,20H,9,11,17,19H2,1-4H3,(H,33,36)/t20-/m1/s1. The van der Waals surface area contributed by atoms with Gasteiger partial charge in [0.2, 0.25) is 5.91 Å². The van der Waals surface area contributed by atoms with Gasteiger partial charge in [0.05, 0.1) is 11.6 Å². The van der Waals surface area contributed by atoms with Crippen molar-refractivity contribution in [3.05, 3.63) is 83.4 Å². The van der Waals surface area contributed by atoms with Crippen molar-refractivity contribution in [3.8, 4) is 0 Å². The second-order valence-corrected chi connectivity index (χ2v) is 9.99. The van der Waals surface area contributed by atoms with Gasteiger partial charge in [-0.05, 0) is 68.5 Å². The lowest BCUT2D eigenvalue weighted by atomic mass is 9.98. The quantitative estimate of drug-likeness (QED) is 0.356. The zero-order valence-electron chi connectivity index (χ0n) is 21.6. The van der Waals surface area contributed by atoms with Crippen molar-refractivity contribution in [2.24, 2.45) is 0 Å². The van der Waals surface area contributed by atoms with E-state index in [1.165, 1.54) is 6.07 Å². The van der Waals surface area contributed by atoms with E-state index in [9.17, 15) is 22.8 Å². The fraction of sp³-hybridized carbons (Fsp3) is 0.379. The van der Waals surface area contributed by atoms with Crippen LogP contribution in [0, 0.1) is 0 Å². The third kappa shape index (κ3) is 7.97. The van der Waals surface area contributed by atoms with E-state index in [1.807, 2.05) is 49.4 Å². The van der Waals surface area contributed by atoms with Crippen LogP contribution < -0.4 is 5.32 Å². The number of alkyl halides is 3. The number of hydrogen-bond acceptors (Lipinski definition) is 3. The molecular weight excluding hydrogens is 481 g/mol. The SMILES string of the molecule is C[C@H](c1cccc2ccccc12)N(CCCc1cccc(C(F)(F)F)c1)C(=O)CNC(=O)OC(C)(C)C. The molecule has 0 saturated carbocycles. The number of carbonyl (C=O) groups excluding carboxylic acids is 2. The molecule has 1 N–H and O–H groups in total. The van der Waals surface area contributed by atoms with Gasteiger partial charge in [-0.25, -0.2) is 4.79 Å². The van der Waals surface area contributed by atoms with Crippen molar-refractivity contribution < 1.29 is 27.5 Å². The highest BCUT2D eigenvalue weighted by atomic mass is 19.4. The van der Waals surface area contributed by atoms with Crippen LogP contribution >= 0.6 is 0 Å². The van der Waals surface area contributed by atoms with Gasteiger partial charge in [-0.15, -0.1) is 0 Å². The van der Waals surface area contributed by atoms with Gasteiger partial charge in [0.15, 0.2) is 0 Å². The summed E-state index contributed by atoms with van der Waals surface area (Å²) in [6.45, 7) is 7.16. The minimum atomic E-state index is -4.41. The Kier molecular flexibility index (Phi) is 8.84. The van der Waals surface area contributed by atoms with Crippen molar-refractivity contribution in [3.63, 3.8) is 0 Å². The molecule has 0 aromatic heterocycles. The van der Waals surface area contributed by atoms with E-state index in [4.69, 9.17) is 4.74 Å². The van der Waals surface area contributed by atoms with Crippen molar-refractivity contribution >= 4 is 22.8 Å². The predicted octanol–water partition coefficient (Wildman–Crippen LogP) is 6.91. The summed E-state index contributed by atoms with van der Waals surface area (Å²) in [4.78, 5) is 27.1. The zero-order chi connectivity index (χ0) is 27.2. The van der Waals surface area contributed by atoms with Gasteiger partial charge in [-0.3, -0.25) is 4.79 Å². The number of nitrogens with one attached hydrogen (secondary N) is 1. The molecule has 0 fully saturated rings. The van der Waals surface area contributed by atoms with Gasteiger partial charge in [0.1, 0.15) is 12.1 Å². The fourth-order valence-electron chi connectivity index (χ4n) is 4.24. The Hall–Kier alpha value is -3.55. The Morgan fingerprint density at radius 1 is 0.973 bits per heavy atom. The maximum absolute atomic E-state index is 13.3. The summed E-state index contributed by atoms with van der Waals surface area (Å²) in [6, 6.07) is 18.7. The summed E-state index contributed by atoms with van der Waals surface area (Å²) in [7, 11) is 0. The Morgan fingerprint density at radius 2 is 1.65 bits per heavy atom. The van der Waals surface area contributed by atoms with Gasteiger partial charge < -0.3 is 15.0 Å². The average Bonchev–Trinajstić information content (AvgIpc) is 2.83. The number of hydrogen-bond donors (Lipinski definition) is 1. The van der Waals surface area contributed by atoms with E-state index in [0.717, 1.165) is 28.5 Å². The van der Waals surface area contributed by atoms with Crippen molar-refractivity contribution in [2.45, 2.75) is 58.4 Å². The molecule has 0 aliphatic carbocycles. The zero-order valence-corrected chi connectivity index (χ0v) is 21.6. The average molecular weight is 515 g/mol. The maximum Gasteiger partial charge on any atom is 0.416 e. The summed E-state index contributed by atoms with van der Waals surface area (Å²) < 4.78 is 44.5. The third-order valence-corrected chi connectivity index (χ3v) is 5.96. The first-order valence-electron chi connectivity index (χ1n) is 12.3. The van der Waals surface area contributed by atoms with Gasteiger partial charge in [-0.2, -0.15) is 13.2 Å². The molecule has 0 bridgehead atoms. The highest BCUT2D eigenvalue weighted by Gasteiger charge is 2.30. The van der Waals surface area contributed by atoms with E-state index in [2.05, 4.69) is 5.32 Å². The number of rotatable bonds is 8.